The molecule has 2 heterocycles. The molecule has 0 spiro atoms. The fourth-order valence-electron chi connectivity index (χ4n) is 2.76. The molecule has 2 fully saturated rings. The Labute approximate surface area is 97.0 Å². The Kier molecular flexibility index (Phi) is 4.18. The van der Waals surface area contributed by atoms with Crippen LogP contribution in [0.15, 0.2) is 0 Å². The van der Waals surface area contributed by atoms with Crippen LogP contribution in [0.5, 0.6) is 0 Å². The summed E-state index contributed by atoms with van der Waals surface area (Å²) in [6.07, 6.45) is 6.47. The lowest BCUT2D eigenvalue weighted by atomic mass is 10.1. The number of carbonyl (C=O) groups excluding carboxylic acids is 1. The highest BCUT2D eigenvalue weighted by Crippen LogP contribution is 2.20. The van der Waals surface area contributed by atoms with Gasteiger partial charge in [-0.15, -0.1) is 0 Å². The SMILES string of the molecule is O=C(C1CCCCCN1)N1CCC[C@H]1CO. The van der Waals surface area contributed by atoms with Crippen molar-refractivity contribution in [1.29, 1.82) is 0 Å². The molecular formula is C12H22N2O2. The van der Waals surface area contributed by atoms with Crippen LogP contribution in [0, 0.1) is 0 Å². The Balaban J connectivity index is 1.94. The van der Waals surface area contributed by atoms with E-state index in [0.717, 1.165) is 38.8 Å². The maximum Gasteiger partial charge on any atom is 0.240 e. The molecule has 2 atom stereocenters. The molecule has 0 aromatic heterocycles. The zero-order valence-electron chi connectivity index (χ0n) is 9.82. The third-order valence-electron chi connectivity index (χ3n) is 3.73. The van der Waals surface area contributed by atoms with Gasteiger partial charge in [-0.2, -0.15) is 0 Å². The molecule has 0 saturated carbocycles. The molecule has 1 amide bonds. The maximum atomic E-state index is 12.3. The Hall–Kier alpha value is -0.610. The van der Waals surface area contributed by atoms with Crippen LogP contribution in [0.25, 0.3) is 0 Å². The van der Waals surface area contributed by atoms with Crippen LogP contribution >= 0.6 is 0 Å². The van der Waals surface area contributed by atoms with Crippen molar-refractivity contribution in [2.45, 2.75) is 50.6 Å². The van der Waals surface area contributed by atoms with Gasteiger partial charge in [0, 0.05) is 6.54 Å². The van der Waals surface area contributed by atoms with Crippen LogP contribution < -0.4 is 5.32 Å². The van der Waals surface area contributed by atoms with Gasteiger partial charge in [0.1, 0.15) is 0 Å². The number of aliphatic hydroxyl groups is 1. The molecule has 16 heavy (non-hydrogen) atoms. The average molecular weight is 226 g/mol. The van der Waals surface area contributed by atoms with E-state index in [1.54, 1.807) is 0 Å². The van der Waals surface area contributed by atoms with E-state index in [1.807, 2.05) is 4.90 Å². The summed E-state index contributed by atoms with van der Waals surface area (Å²) in [7, 11) is 0. The third-order valence-corrected chi connectivity index (χ3v) is 3.73. The van der Waals surface area contributed by atoms with Crippen molar-refractivity contribution in [3.05, 3.63) is 0 Å². The van der Waals surface area contributed by atoms with E-state index >= 15 is 0 Å². The second-order valence-corrected chi connectivity index (χ2v) is 4.87. The van der Waals surface area contributed by atoms with Crippen molar-refractivity contribution >= 4 is 5.91 Å². The van der Waals surface area contributed by atoms with Crippen LogP contribution in [0.2, 0.25) is 0 Å². The van der Waals surface area contributed by atoms with Gasteiger partial charge in [-0.3, -0.25) is 4.79 Å². The highest BCUT2D eigenvalue weighted by atomic mass is 16.3. The van der Waals surface area contributed by atoms with Gasteiger partial charge in [0.25, 0.3) is 0 Å². The van der Waals surface area contributed by atoms with Gasteiger partial charge in [-0.25, -0.2) is 0 Å². The summed E-state index contributed by atoms with van der Waals surface area (Å²) >= 11 is 0. The Bertz CT molecular complexity index is 237. The molecule has 0 bridgehead atoms. The number of aliphatic hydroxyl groups excluding tert-OH is 1. The summed E-state index contributed by atoms with van der Waals surface area (Å²) in [5.41, 5.74) is 0. The zero-order chi connectivity index (χ0) is 11.4. The molecule has 4 nitrogen and oxygen atoms in total. The van der Waals surface area contributed by atoms with E-state index in [1.165, 1.54) is 12.8 Å². The summed E-state index contributed by atoms with van der Waals surface area (Å²) in [5.74, 6) is 0.207. The third kappa shape index (κ3) is 2.55. The van der Waals surface area contributed by atoms with Crippen molar-refractivity contribution in [1.82, 2.24) is 10.2 Å². The summed E-state index contributed by atoms with van der Waals surface area (Å²) in [5, 5.41) is 12.6. The van der Waals surface area contributed by atoms with Gasteiger partial charge in [-0.05, 0) is 32.2 Å². The molecule has 92 valence electrons. The van der Waals surface area contributed by atoms with E-state index in [-0.39, 0.29) is 24.6 Å². The fourth-order valence-corrected chi connectivity index (χ4v) is 2.76. The largest absolute Gasteiger partial charge is 0.394 e. The number of nitrogens with one attached hydrogen (secondary N) is 1. The molecular weight excluding hydrogens is 204 g/mol. The predicted molar refractivity (Wildman–Crippen MR) is 62.1 cm³/mol. The van der Waals surface area contributed by atoms with Crippen molar-refractivity contribution in [3.63, 3.8) is 0 Å². The maximum absolute atomic E-state index is 12.3. The molecule has 2 N–H and O–H groups in total. The summed E-state index contributed by atoms with van der Waals surface area (Å²) < 4.78 is 0. The quantitative estimate of drug-likeness (QED) is 0.721. The lowest BCUT2D eigenvalue weighted by Gasteiger charge is -2.27. The van der Waals surface area contributed by atoms with Gasteiger partial charge in [0.2, 0.25) is 5.91 Å². The number of likely N-dealkylation sites (tertiary alicyclic amines) is 1. The summed E-state index contributed by atoms with van der Waals surface area (Å²) in [6, 6.07) is 0.0622. The first-order chi connectivity index (χ1) is 7.83. The van der Waals surface area contributed by atoms with Crippen LogP contribution in [-0.2, 0) is 4.79 Å². The highest BCUT2D eigenvalue weighted by molar-refractivity contribution is 5.82. The highest BCUT2D eigenvalue weighted by Gasteiger charge is 2.32. The van der Waals surface area contributed by atoms with Gasteiger partial charge in [0.05, 0.1) is 18.7 Å². The van der Waals surface area contributed by atoms with E-state index < -0.39 is 0 Å². The molecule has 2 rings (SSSR count). The molecule has 0 radical (unpaired) electrons. The number of carbonyl (C=O) groups is 1. The first kappa shape index (κ1) is 11.9. The van der Waals surface area contributed by atoms with Gasteiger partial charge < -0.3 is 15.3 Å². The van der Waals surface area contributed by atoms with Crippen molar-refractivity contribution in [3.8, 4) is 0 Å². The number of amides is 1. The van der Waals surface area contributed by atoms with E-state index in [9.17, 15) is 9.90 Å². The molecule has 4 heteroatoms. The van der Waals surface area contributed by atoms with E-state index in [2.05, 4.69) is 5.32 Å². The van der Waals surface area contributed by atoms with Crippen LogP contribution in [0.1, 0.15) is 38.5 Å². The standard InChI is InChI=1S/C12H22N2O2/c15-9-10-5-4-8-14(10)12(16)11-6-2-1-3-7-13-11/h10-11,13,15H,1-9H2/t10-,11?/m0/s1. The minimum atomic E-state index is -0.00495. The minimum Gasteiger partial charge on any atom is -0.394 e. The van der Waals surface area contributed by atoms with Crippen molar-refractivity contribution < 1.29 is 9.90 Å². The lowest BCUT2D eigenvalue weighted by Crippen LogP contribution is -2.48. The Morgan fingerprint density at radius 1 is 1.25 bits per heavy atom. The lowest BCUT2D eigenvalue weighted by molar-refractivity contribution is -0.135. The Morgan fingerprint density at radius 2 is 2.12 bits per heavy atom. The van der Waals surface area contributed by atoms with Crippen molar-refractivity contribution in [2.75, 3.05) is 19.7 Å². The predicted octanol–water partition coefficient (Wildman–Crippen LogP) is 0.502. The molecule has 0 aromatic carbocycles. The van der Waals surface area contributed by atoms with Crippen LogP contribution in [-0.4, -0.2) is 47.7 Å². The second kappa shape index (κ2) is 5.64. The normalized spacial score (nSPS) is 31.4. The minimum absolute atomic E-state index is 0.00495. The molecule has 2 saturated heterocycles. The topological polar surface area (TPSA) is 52.6 Å². The Morgan fingerprint density at radius 3 is 2.94 bits per heavy atom. The van der Waals surface area contributed by atoms with Crippen LogP contribution in [0.4, 0.5) is 0 Å². The molecule has 1 unspecified atom stereocenters. The number of hydrogen-bond acceptors (Lipinski definition) is 3. The monoisotopic (exact) mass is 226 g/mol. The van der Waals surface area contributed by atoms with E-state index in [0.29, 0.717) is 0 Å². The van der Waals surface area contributed by atoms with Gasteiger partial charge in [0.15, 0.2) is 0 Å². The van der Waals surface area contributed by atoms with Gasteiger partial charge >= 0.3 is 0 Å². The summed E-state index contributed by atoms with van der Waals surface area (Å²) in [6.45, 7) is 1.88. The smallest absolute Gasteiger partial charge is 0.240 e. The number of nitrogens with zero attached hydrogens (tertiary/aromatic N) is 1. The zero-order valence-corrected chi connectivity index (χ0v) is 9.82. The summed E-state index contributed by atoms with van der Waals surface area (Å²) in [4.78, 5) is 14.2. The number of rotatable bonds is 2. The van der Waals surface area contributed by atoms with E-state index in [4.69, 9.17) is 0 Å². The number of hydrogen-bond donors (Lipinski definition) is 2. The molecule has 0 aromatic rings. The molecule has 0 aliphatic carbocycles. The first-order valence-electron chi connectivity index (χ1n) is 6.47. The average Bonchev–Trinajstić information content (AvgIpc) is 2.61. The second-order valence-electron chi connectivity index (χ2n) is 4.87. The van der Waals surface area contributed by atoms with Crippen LogP contribution in [0.3, 0.4) is 0 Å². The molecule has 2 aliphatic rings. The molecule has 2 aliphatic heterocycles. The van der Waals surface area contributed by atoms with Crippen molar-refractivity contribution in [2.24, 2.45) is 0 Å². The fraction of sp³-hybridized carbons (Fsp3) is 0.917. The van der Waals surface area contributed by atoms with Gasteiger partial charge in [-0.1, -0.05) is 12.8 Å². The first-order valence-corrected chi connectivity index (χ1v) is 6.47.